The van der Waals surface area contributed by atoms with Gasteiger partial charge in [-0.1, -0.05) is 6.07 Å². The van der Waals surface area contributed by atoms with Gasteiger partial charge in [0.05, 0.1) is 23.6 Å². The molecule has 6 heteroatoms. The van der Waals surface area contributed by atoms with Crippen LogP contribution in [-0.2, 0) is 0 Å². The monoisotopic (exact) mass is 296 g/mol. The van der Waals surface area contributed by atoms with Gasteiger partial charge in [-0.25, -0.2) is 9.36 Å². The fourth-order valence-electron chi connectivity index (χ4n) is 2.26. The maximum absolute atomic E-state index is 11.8. The molecule has 3 aromatic rings. The largest absolute Gasteiger partial charge is 0.508 e. The Balaban J connectivity index is 2.13. The van der Waals surface area contributed by atoms with Crippen molar-refractivity contribution in [3.8, 4) is 22.8 Å². The lowest BCUT2D eigenvalue weighted by atomic mass is 10.2. The van der Waals surface area contributed by atoms with Crippen molar-refractivity contribution in [2.45, 2.75) is 19.9 Å². The Labute approximate surface area is 127 Å². The summed E-state index contributed by atoms with van der Waals surface area (Å²) in [7, 11) is 0. The quantitative estimate of drug-likeness (QED) is 0.805. The Hall–Kier alpha value is -2.89. The van der Waals surface area contributed by atoms with E-state index in [1.165, 1.54) is 10.7 Å². The molecule has 0 saturated heterocycles. The number of aromatic nitrogens is 4. The van der Waals surface area contributed by atoms with E-state index in [1.54, 1.807) is 35.1 Å². The number of phenols is 1. The van der Waals surface area contributed by atoms with Crippen LogP contribution in [0.4, 0.5) is 0 Å². The predicted octanol–water partition coefficient (Wildman–Crippen LogP) is 2.38. The number of rotatable bonds is 3. The van der Waals surface area contributed by atoms with E-state index in [4.69, 9.17) is 0 Å². The first-order chi connectivity index (χ1) is 10.6. The molecule has 0 aliphatic carbocycles. The Morgan fingerprint density at radius 2 is 1.95 bits per heavy atom. The van der Waals surface area contributed by atoms with E-state index >= 15 is 0 Å². The van der Waals surface area contributed by atoms with Crippen LogP contribution in [-0.4, -0.2) is 24.7 Å². The molecule has 0 amide bonds. The van der Waals surface area contributed by atoms with Crippen molar-refractivity contribution in [3.63, 3.8) is 0 Å². The molecule has 0 saturated carbocycles. The molecule has 0 aliphatic rings. The zero-order valence-electron chi connectivity index (χ0n) is 12.3. The third kappa shape index (κ3) is 2.50. The predicted molar refractivity (Wildman–Crippen MR) is 83.1 cm³/mol. The number of aromatic hydroxyl groups is 1. The van der Waals surface area contributed by atoms with E-state index in [-0.39, 0.29) is 17.4 Å². The van der Waals surface area contributed by atoms with Gasteiger partial charge in [0.1, 0.15) is 11.4 Å². The summed E-state index contributed by atoms with van der Waals surface area (Å²) in [6.45, 7) is 3.81. The van der Waals surface area contributed by atoms with Crippen LogP contribution in [0.15, 0.2) is 53.5 Å². The molecule has 22 heavy (non-hydrogen) atoms. The molecule has 0 unspecified atom stereocenters. The third-order valence-corrected chi connectivity index (χ3v) is 3.29. The minimum absolute atomic E-state index is 0.0235. The summed E-state index contributed by atoms with van der Waals surface area (Å²) in [5.74, 6) is 0.166. The summed E-state index contributed by atoms with van der Waals surface area (Å²) in [6, 6.07) is 11.8. The average molecular weight is 296 g/mol. The van der Waals surface area contributed by atoms with Crippen molar-refractivity contribution in [1.29, 1.82) is 0 Å². The van der Waals surface area contributed by atoms with E-state index in [2.05, 4.69) is 10.2 Å². The fourth-order valence-corrected chi connectivity index (χ4v) is 2.26. The second-order valence-corrected chi connectivity index (χ2v) is 5.24. The van der Waals surface area contributed by atoms with Crippen LogP contribution in [0.1, 0.15) is 19.9 Å². The van der Waals surface area contributed by atoms with Gasteiger partial charge in [-0.3, -0.25) is 4.79 Å². The Bertz CT molecular complexity index is 864. The van der Waals surface area contributed by atoms with Gasteiger partial charge < -0.3 is 5.11 Å². The summed E-state index contributed by atoms with van der Waals surface area (Å²) < 4.78 is 3.12. The van der Waals surface area contributed by atoms with Gasteiger partial charge in [-0.2, -0.15) is 10.2 Å². The van der Waals surface area contributed by atoms with Crippen molar-refractivity contribution in [1.82, 2.24) is 19.6 Å². The van der Waals surface area contributed by atoms with Crippen molar-refractivity contribution in [2.24, 2.45) is 0 Å². The number of nitrogens with zero attached hydrogens (tertiary/aromatic N) is 4. The smallest absolute Gasteiger partial charge is 0.267 e. The molecule has 2 heterocycles. The molecule has 112 valence electrons. The second kappa shape index (κ2) is 5.48. The van der Waals surface area contributed by atoms with Crippen LogP contribution in [0, 0.1) is 0 Å². The van der Waals surface area contributed by atoms with E-state index in [1.807, 2.05) is 26.0 Å². The fraction of sp³-hybridized carbons (Fsp3) is 0.188. The van der Waals surface area contributed by atoms with Gasteiger partial charge >= 0.3 is 0 Å². The Kier molecular flexibility index (Phi) is 3.50. The molecule has 1 aromatic carbocycles. The van der Waals surface area contributed by atoms with Crippen molar-refractivity contribution in [3.05, 3.63) is 59.0 Å². The molecule has 3 rings (SSSR count). The maximum atomic E-state index is 11.8. The van der Waals surface area contributed by atoms with E-state index in [0.29, 0.717) is 5.69 Å². The molecule has 0 aliphatic heterocycles. The first kappa shape index (κ1) is 14.1. The van der Waals surface area contributed by atoms with E-state index in [0.717, 1.165) is 11.4 Å². The first-order valence-corrected chi connectivity index (χ1v) is 7.00. The minimum Gasteiger partial charge on any atom is -0.508 e. The summed E-state index contributed by atoms with van der Waals surface area (Å²) in [6.07, 6.45) is 1.66. The van der Waals surface area contributed by atoms with Gasteiger partial charge in [-0.05, 0) is 38.1 Å². The SMILES string of the molecule is CC(C)n1nc(-c2ccnn2-c2cccc(O)c2)ccc1=O. The van der Waals surface area contributed by atoms with E-state index in [9.17, 15) is 9.90 Å². The lowest BCUT2D eigenvalue weighted by Gasteiger charge is -2.11. The van der Waals surface area contributed by atoms with Crippen LogP contribution >= 0.6 is 0 Å². The number of benzene rings is 1. The maximum Gasteiger partial charge on any atom is 0.267 e. The van der Waals surface area contributed by atoms with Gasteiger partial charge in [0.2, 0.25) is 0 Å². The van der Waals surface area contributed by atoms with Crippen LogP contribution in [0.3, 0.4) is 0 Å². The van der Waals surface area contributed by atoms with Crippen molar-refractivity contribution < 1.29 is 5.11 Å². The highest BCUT2D eigenvalue weighted by molar-refractivity contribution is 5.57. The Morgan fingerprint density at radius 1 is 1.14 bits per heavy atom. The van der Waals surface area contributed by atoms with Crippen molar-refractivity contribution in [2.75, 3.05) is 0 Å². The highest BCUT2D eigenvalue weighted by Crippen LogP contribution is 2.22. The standard InChI is InChI=1S/C16H16N4O2/c1-11(2)19-16(22)7-6-14(18-19)15-8-9-17-20(15)12-4-3-5-13(21)10-12/h3-11,21H,1-2H3. The van der Waals surface area contributed by atoms with Crippen LogP contribution in [0.5, 0.6) is 5.75 Å². The number of hydrogen-bond acceptors (Lipinski definition) is 4. The first-order valence-electron chi connectivity index (χ1n) is 7.00. The van der Waals surface area contributed by atoms with Crippen LogP contribution < -0.4 is 5.56 Å². The highest BCUT2D eigenvalue weighted by atomic mass is 16.3. The van der Waals surface area contributed by atoms with Crippen LogP contribution in [0.2, 0.25) is 0 Å². The molecular weight excluding hydrogens is 280 g/mol. The summed E-state index contributed by atoms with van der Waals surface area (Å²) in [4.78, 5) is 11.8. The summed E-state index contributed by atoms with van der Waals surface area (Å²) >= 11 is 0. The van der Waals surface area contributed by atoms with E-state index < -0.39 is 0 Å². The van der Waals surface area contributed by atoms with Gasteiger partial charge in [-0.15, -0.1) is 0 Å². The van der Waals surface area contributed by atoms with Gasteiger partial charge in [0.25, 0.3) is 5.56 Å². The zero-order chi connectivity index (χ0) is 15.7. The minimum atomic E-state index is -0.137. The lowest BCUT2D eigenvalue weighted by molar-refractivity contribution is 0.475. The number of phenolic OH excluding ortho intramolecular Hbond substituents is 1. The second-order valence-electron chi connectivity index (χ2n) is 5.24. The highest BCUT2D eigenvalue weighted by Gasteiger charge is 2.12. The lowest BCUT2D eigenvalue weighted by Crippen LogP contribution is -2.24. The van der Waals surface area contributed by atoms with Gasteiger partial charge in [0.15, 0.2) is 0 Å². The molecule has 0 bridgehead atoms. The molecule has 6 nitrogen and oxygen atoms in total. The van der Waals surface area contributed by atoms with Crippen molar-refractivity contribution >= 4 is 0 Å². The molecule has 0 atom stereocenters. The molecular formula is C16H16N4O2. The van der Waals surface area contributed by atoms with Gasteiger partial charge in [0, 0.05) is 12.1 Å². The Morgan fingerprint density at radius 3 is 2.68 bits per heavy atom. The molecule has 2 aromatic heterocycles. The number of hydrogen-bond donors (Lipinski definition) is 1. The molecule has 0 fully saturated rings. The van der Waals surface area contributed by atoms with Crippen LogP contribution in [0.25, 0.3) is 17.1 Å². The molecule has 1 N–H and O–H groups in total. The topological polar surface area (TPSA) is 72.9 Å². The zero-order valence-corrected chi connectivity index (χ0v) is 12.3. The summed E-state index contributed by atoms with van der Waals surface area (Å²) in [5.41, 5.74) is 1.99. The molecule has 0 radical (unpaired) electrons. The molecule has 0 spiro atoms. The normalized spacial score (nSPS) is 11.0. The third-order valence-electron chi connectivity index (χ3n) is 3.29. The summed E-state index contributed by atoms with van der Waals surface area (Å²) in [5, 5.41) is 18.3. The average Bonchev–Trinajstić information content (AvgIpc) is 2.97.